The van der Waals surface area contributed by atoms with E-state index in [-0.39, 0.29) is 23.6 Å². The lowest BCUT2D eigenvalue weighted by atomic mass is 10.1. The molecule has 0 unspecified atom stereocenters. The Balaban J connectivity index is 1.46. The van der Waals surface area contributed by atoms with Crippen LogP contribution in [-0.4, -0.2) is 42.9 Å². The molecule has 27 heavy (non-hydrogen) atoms. The molecule has 2 aromatic carbocycles. The van der Waals surface area contributed by atoms with E-state index in [0.29, 0.717) is 0 Å². The van der Waals surface area contributed by atoms with Gasteiger partial charge in [-0.1, -0.05) is 58.0 Å². The molecule has 1 saturated heterocycles. The molecule has 1 fully saturated rings. The SMILES string of the molecule is O=S1(=O)C[C@@H]2N=C(SCCCc3ccccc3)N(c3ccc(Br)cc3)[C@@H]2C1. The maximum atomic E-state index is 12.1. The molecule has 0 N–H and O–H groups in total. The average molecular weight is 465 g/mol. The zero-order chi connectivity index (χ0) is 18.9. The first-order valence-electron chi connectivity index (χ1n) is 9.02. The Bertz CT molecular complexity index is 930. The fourth-order valence-corrected chi connectivity index (χ4v) is 6.79. The normalized spacial score (nSPS) is 23.3. The Labute approximate surface area is 173 Å². The van der Waals surface area contributed by atoms with Gasteiger partial charge in [-0.05, 0) is 42.7 Å². The first kappa shape index (κ1) is 19.0. The van der Waals surface area contributed by atoms with Crippen molar-refractivity contribution in [1.29, 1.82) is 0 Å². The van der Waals surface area contributed by atoms with Gasteiger partial charge in [0.2, 0.25) is 0 Å². The molecule has 2 atom stereocenters. The summed E-state index contributed by atoms with van der Waals surface area (Å²) in [6, 6.07) is 18.3. The molecule has 7 heteroatoms. The van der Waals surface area contributed by atoms with Gasteiger partial charge in [0.15, 0.2) is 15.0 Å². The number of rotatable bonds is 5. The Morgan fingerprint density at radius 1 is 1.07 bits per heavy atom. The van der Waals surface area contributed by atoms with E-state index in [1.807, 2.05) is 30.3 Å². The van der Waals surface area contributed by atoms with Gasteiger partial charge in [-0.25, -0.2) is 8.42 Å². The highest BCUT2D eigenvalue weighted by Crippen LogP contribution is 2.35. The van der Waals surface area contributed by atoms with Crippen LogP contribution in [0.3, 0.4) is 0 Å². The Hall–Kier alpha value is -1.31. The predicted octanol–water partition coefficient (Wildman–Crippen LogP) is 4.16. The number of thioether (sulfide) groups is 1. The molecule has 2 aliphatic rings. The summed E-state index contributed by atoms with van der Waals surface area (Å²) in [5.74, 6) is 1.32. The minimum atomic E-state index is -3.01. The monoisotopic (exact) mass is 464 g/mol. The van der Waals surface area contributed by atoms with Gasteiger partial charge in [0.25, 0.3) is 0 Å². The van der Waals surface area contributed by atoms with E-state index in [4.69, 9.17) is 4.99 Å². The zero-order valence-corrected chi connectivity index (χ0v) is 18.0. The minimum Gasteiger partial charge on any atom is -0.315 e. The van der Waals surface area contributed by atoms with Gasteiger partial charge < -0.3 is 4.90 Å². The molecule has 142 valence electrons. The number of fused-ring (bicyclic) bond motifs is 1. The Morgan fingerprint density at radius 3 is 2.56 bits per heavy atom. The van der Waals surface area contributed by atoms with Crippen LogP contribution in [0.2, 0.25) is 0 Å². The van der Waals surface area contributed by atoms with Gasteiger partial charge in [-0.2, -0.15) is 0 Å². The number of hydrogen-bond donors (Lipinski definition) is 0. The van der Waals surface area contributed by atoms with Crippen LogP contribution in [0.5, 0.6) is 0 Å². The second-order valence-electron chi connectivity index (χ2n) is 6.91. The van der Waals surface area contributed by atoms with Crippen molar-refractivity contribution < 1.29 is 8.42 Å². The molecule has 0 amide bonds. The highest BCUT2D eigenvalue weighted by atomic mass is 79.9. The molecule has 2 heterocycles. The summed E-state index contributed by atoms with van der Waals surface area (Å²) in [6.07, 6.45) is 2.11. The van der Waals surface area contributed by atoms with Gasteiger partial charge in [-0.15, -0.1) is 0 Å². The van der Waals surface area contributed by atoms with Crippen LogP contribution in [0.25, 0.3) is 0 Å². The van der Waals surface area contributed by atoms with Crippen LogP contribution in [0.15, 0.2) is 64.1 Å². The fourth-order valence-electron chi connectivity index (χ4n) is 3.62. The Kier molecular flexibility index (Phi) is 5.62. The lowest BCUT2D eigenvalue weighted by Crippen LogP contribution is -2.39. The molecular weight excluding hydrogens is 444 g/mol. The highest BCUT2D eigenvalue weighted by Gasteiger charge is 2.47. The molecule has 4 nitrogen and oxygen atoms in total. The molecular formula is C20H21BrN2O2S2. The molecule has 0 aromatic heterocycles. The lowest BCUT2D eigenvalue weighted by molar-refractivity contribution is 0.601. The number of hydrogen-bond acceptors (Lipinski definition) is 5. The quantitative estimate of drug-likeness (QED) is 0.623. The first-order chi connectivity index (χ1) is 13.0. The summed E-state index contributed by atoms with van der Waals surface area (Å²) >= 11 is 5.20. The third kappa shape index (κ3) is 4.41. The summed E-state index contributed by atoms with van der Waals surface area (Å²) in [6.45, 7) is 0. The van der Waals surface area contributed by atoms with Gasteiger partial charge in [0, 0.05) is 15.9 Å². The van der Waals surface area contributed by atoms with Crippen molar-refractivity contribution in [2.75, 3.05) is 22.2 Å². The largest absolute Gasteiger partial charge is 0.315 e. The average Bonchev–Trinajstić information content (AvgIpc) is 3.11. The summed E-state index contributed by atoms with van der Waals surface area (Å²) in [5.41, 5.74) is 2.36. The van der Waals surface area contributed by atoms with Crippen molar-refractivity contribution in [3.63, 3.8) is 0 Å². The van der Waals surface area contributed by atoms with Crippen LogP contribution in [0, 0.1) is 0 Å². The number of sulfone groups is 1. The second kappa shape index (κ2) is 7.97. The molecule has 0 saturated carbocycles. The third-order valence-corrected chi connectivity index (χ3v) is 8.18. The number of halogens is 1. The van der Waals surface area contributed by atoms with Crippen LogP contribution >= 0.6 is 27.7 Å². The number of anilines is 1. The van der Waals surface area contributed by atoms with E-state index in [9.17, 15) is 8.42 Å². The summed E-state index contributed by atoms with van der Waals surface area (Å²) in [4.78, 5) is 6.92. The fraction of sp³-hybridized carbons (Fsp3) is 0.350. The van der Waals surface area contributed by atoms with Crippen molar-refractivity contribution in [3.05, 3.63) is 64.6 Å². The van der Waals surface area contributed by atoms with Gasteiger partial charge in [0.1, 0.15) is 0 Å². The molecule has 4 rings (SSSR count). The lowest BCUT2D eigenvalue weighted by Gasteiger charge is -2.26. The first-order valence-corrected chi connectivity index (χ1v) is 12.6. The minimum absolute atomic E-state index is 0.0761. The molecule has 2 aliphatic heterocycles. The highest BCUT2D eigenvalue weighted by molar-refractivity contribution is 9.10. The number of aryl methyl sites for hydroxylation is 1. The van der Waals surface area contributed by atoms with E-state index in [2.05, 4.69) is 45.1 Å². The van der Waals surface area contributed by atoms with Gasteiger partial charge >= 0.3 is 0 Å². The number of benzene rings is 2. The van der Waals surface area contributed by atoms with E-state index >= 15 is 0 Å². The van der Waals surface area contributed by atoms with Crippen molar-refractivity contribution >= 4 is 48.4 Å². The molecule has 0 aliphatic carbocycles. The smallest absolute Gasteiger partial charge is 0.164 e. The predicted molar refractivity (Wildman–Crippen MR) is 118 cm³/mol. The van der Waals surface area contributed by atoms with E-state index < -0.39 is 9.84 Å². The molecule has 0 radical (unpaired) electrons. The van der Waals surface area contributed by atoms with Crippen LogP contribution < -0.4 is 4.90 Å². The summed E-state index contributed by atoms with van der Waals surface area (Å²) in [5, 5.41) is 0.954. The maximum absolute atomic E-state index is 12.1. The third-order valence-electron chi connectivity index (χ3n) is 4.90. The van der Waals surface area contributed by atoms with E-state index in [1.54, 1.807) is 11.8 Å². The van der Waals surface area contributed by atoms with Crippen molar-refractivity contribution in [3.8, 4) is 0 Å². The van der Waals surface area contributed by atoms with Crippen molar-refractivity contribution in [1.82, 2.24) is 0 Å². The van der Waals surface area contributed by atoms with E-state index in [1.165, 1.54) is 5.56 Å². The standard InChI is InChI=1S/C20H21BrN2O2S2/c21-16-8-10-17(11-9-16)23-19-14-27(24,25)13-18(19)22-20(23)26-12-4-7-15-5-2-1-3-6-15/h1-3,5-6,8-11,18-19H,4,7,12-14H2/t18-,19+/m0/s1. The molecule has 0 spiro atoms. The second-order valence-corrected chi connectivity index (χ2v) is 11.0. The zero-order valence-electron chi connectivity index (χ0n) is 14.8. The van der Waals surface area contributed by atoms with Gasteiger partial charge in [0.05, 0.1) is 23.6 Å². The van der Waals surface area contributed by atoms with Crippen molar-refractivity contribution in [2.24, 2.45) is 4.99 Å². The topological polar surface area (TPSA) is 49.7 Å². The Morgan fingerprint density at radius 2 is 1.81 bits per heavy atom. The van der Waals surface area contributed by atoms with E-state index in [0.717, 1.165) is 33.9 Å². The number of aliphatic imine (C=N–C) groups is 1. The maximum Gasteiger partial charge on any atom is 0.164 e. The van der Waals surface area contributed by atoms with Crippen molar-refractivity contribution in [2.45, 2.75) is 24.9 Å². The van der Waals surface area contributed by atoms with Crippen LogP contribution in [-0.2, 0) is 16.3 Å². The molecule has 2 aromatic rings. The van der Waals surface area contributed by atoms with Crippen LogP contribution in [0.4, 0.5) is 5.69 Å². The number of nitrogens with zero attached hydrogens (tertiary/aromatic N) is 2. The van der Waals surface area contributed by atoms with Crippen LogP contribution in [0.1, 0.15) is 12.0 Å². The number of amidine groups is 1. The summed E-state index contributed by atoms with van der Waals surface area (Å²) < 4.78 is 25.2. The summed E-state index contributed by atoms with van der Waals surface area (Å²) in [7, 11) is -3.01. The van der Waals surface area contributed by atoms with Gasteiger partial charge in [-0.3, -0.25) is 4.99 Å². The molecule has 0 bridgehead atoms.